The summed E-state index contributed by atoms with van der Waals surface area (Å²) in [4.78, 5) is 11.4. The number of nitrogens with one attached hydrogen (secondary N) is 1. The Labute approximate surface area is 134 Å². The normalized spacial score (nSPS) is 14.8. The number of ether oxygens (including phenoxy) is 2. The third-order valence-electron chi connectivity index (χ3n) is 3.89. The van der Waals surface area contributed by atoms with Gasteiger partial charge in [0.25, 0.3) is 5.91 Å². The lowest BCUT2D eigenvalue weighted by Crippen LogP contribution is -2.13. The highest BCUT2D eigenvalue weighted by Crippen LogP contribution is 2.35. The quantitative estimate of drug-likeness (QED) is 0.851. The summed E-state index contributed by atoms with van der Waals surface area (Å²) in [5.74, 6) is 0.722. The number of primary amides is 1. The van der Waals surface area contributed by atoms with Crippen LogP contribution in [0.4, 0.5) is 0 Å². The topological polar surface area (TPSA) is 103 Å². The highest BCUT2D eigenvalue weighted by atomic mass is 16.5. The molecule has 1 aliphatic rings. The third-order valence-corrected chi connectivity index (χ3v) is 3.89. The molecule has 1 heterocycles. The SMILES string of the molecule is CCOc1cc(-c2n[nH]nc2C(N)=O)ccc1OC1CCCC1. The number of hydrogen-bond acceptors (Lipinski definition) is 5. The van der Waals surface area contributed by atoms with Crippen molar-refractivity contribution in [3.05, 3.63) is 23.9 Å². The second kappa shape index (κ2) is 6.68. The fourth-order valence-corrected chi connectivity index (χ4v) is 2.81. The van der Waals surface area contributed by atoms with Crippen LogP contribution in [0.15, 0.2) is 18.2 Å². The summed E-state index contributed by atoms with van der Waals surface area (Å²) >= 11 is 0. The van der Waals surface area contributed by atoms with Crippen molar-refractivity contribution in [1.82, 2.24) is 15.4 Å². The van der Waals surface area contributed by atoms with Gasteiger partial charge in [-0.3, -0.25) is 4.79 Å². The van der Waals surface area contributed by atoms with Crippen molar-refractivity contribution in [2.24, 2.45) is 5.73 Å². The maximum atomic E-state index is 11.4. The van der Waals surface area contributed by atoms with Gasteiger partial charge >= 0.3 is 0 Å². The van der Waals surface area contributed by atoms with Crippen LogP contribution >= 0.6 is 0 Å². The molecule has 1 fully saturated rings. The van der Waals surface area contributed by atoms with Crippen molar-refractivity contribution in [3.63, 3.8) is 0 Å². The predicted molar refractivity (Wildman–Crippen MR) is 84.4 cm³/mol. The van der Waals surface area contributed by atoms with Gasteiger partial charge in [0.1, 0.15) is 5.69 Å². The van der Waals surface area contributed by atoms with Crippen molar-refractivity contribution in [3.8, 4) is 22.8 Å². The van der Waals surface area contributed by atoms with E-state index in [1.165, 1.54) is 12.8 Å². The lowest BCUT2D eigenvalue weighted by atomic mass is 10.1. The number of aromatic amines is 1. The Balaban J connectivity index is 1.92. The summed E-state index contributed by atoms with van der Waals surface area (Å²) in [7, 11) is 0. The second-order valence-electron chi connectivity index (χ2n) is 5.50. The maximum Gasteiger partial charge on any atom is 0.271 e. The molecule has 3 N–H and O–H groups in total. The zero-order valence-corrected chi connectivity index (χ0v) is 13.0. The van der Waals surface area contributed by atoms with Crippen LogP contribution in [-0.2, 0) is 0 Å². The van der Waals surface area contributed by atoms with Gasteiger partial charge in [-0.05, 0) is 50.8 Å². The molecule has 0 atom stereocenters. The number of benzene rings is 1. The van der Waals surface area contributed by atoms with E-state index >= 15 is 0 Å². The van der Waals surface area contributed by atoms with Gasteiger partial charge in [0, 0.05) is 5.56 Å². The number of H-pyrrole nitrogens is 1. The molecule has 122 valence electrons. The zero-order chi connectivity index (χ0) is 16.2. The average molecular weight is 316 g/mol. The molecule has 2 aromatic rings. The summed E-state index contributed by atoms with van der Waals surface area (Å²) < 4.78 is 11.7. The maximum absolute atomic E-state index is 11.4. The Kier molecular flexibility index (Phi) is 4.45. The highest BCUT2D eigenvalue weighted by molar-refractivity contribution is 5.96. The van der Waals surface area contributed by atoms with Crippen molar-refractivity contribution >= 4 is 5.91 Å². The largest absolute Gasteiger partial charge is 0.490 e. The molecule has 23 heavy (non-hydrogen) atoms. The number of carbonyl (C=O) groups is 1. The fraction of sp³-hybridized carbons (Fsp3) is 0.438. The first-order valence-electron chi connectivity index (χ1n) is 7.83. The molecule has 1 amide bonds. The van der Waals surface area contributed by atoms with Crippen molar-refractivity contribution < 1.29 is 14.3 Å². The zero-order valence-electron chi connectivity index (χ0n) is 13.0. The van der Waals surface area contributed by atoms with Crippen LogP contribution in [0.5, 0.6) is 11.5 Å². The predicted octanol–water partition coefficient (Wildman–Crippen LogP) is 2.29. The Hall–Kier alpha value is -2.57. The van der Waals surface area contributed by atoms with Crippen LogP contribution in [0, 0.1) is 0 Å². The van der Waals surface area contributed by atoms with Gasteiger partial charge in [-0.2, -0.15) is 15.4 Å². The summed E-state index contributed by atoms with van der Waals surface area (Å²) in [5.41, 5.74) is 6.53. The molecule has 3 rings (SSSR count). The molecular weight excluding hydrogens is 296 g/mol. The standard InChI is InChI=1S/C16H20N4O3/c1-2-22-13-9-10(14-15(16(17)21)19-20-18-14)7-8-12(13)23-11-5-3-4-6-11/h7-9,11H,2-6H2,1H3,(H2,17,21)(H,18,19,20). The first kappa shape index (κ1) is 15.3. The Morgan fingerprint density at radius 2 is 2.09 bits per heavy atom. The lowest BCUT2D eigenvalue weighted by Gasteiger charge is -2.17. The van der Waals surface area contributed by atoms with Crippen LogP contribution in [0.2, 0.25) is 0 Å². The van der Waals surface area contributed by atoms with Gasteiger partial charge in [0.05, 0.1) is 12.7 Å². The van der Waals surface area contributed by atoms with Gasteiger partial charge in [-0.1, -0.05) is 0 Å². The summed E-state index contributed by atoms with van der Waals surface area (Å²) in [6.45, 7) is 2.43. The molecule has 0 bridgehead atoms. The second-order valence-corrected chi connectivity index (χ2v) is 5.50. The van der Waals surface area contributed by atoms with E-state index < -0.39 is 5.91 Å². The molecule has 0 spiro atoms. The number of aromatic nitrogens is 3. The van der Waals surface area contributed by atoms with Crippen LogP contribution in [0.1, 0.15) is 43.1 Å². The Morgan fingerprint density at radius 1 is 1.30 bits per heavy atom. The van der Waals surface area contributed by atoms with E-state index in [2.05, 4.69) is 15.4 Å². The minimum absolute atomic E-state index is 0.108. The number of nitrogens with two attached hydrogens (primary N) is 1. The molecule has 7 nitrogen and oxygen atoms in total. The first-order chi connectivity index (χ1) is 11.2. The molecule has 1 aromatic heterocycles. The number of amides is 1. The monoisotopic (exact) mass is 316 g/mol. The summed E-state index contributed by atoms with van der Waals surface area (Å²) in [5, 5.41) is 10.2. The number of hydrogen-bond donors (Lipinski definition) is 2. The smallest absolute Gasteiger partial charge is 0.271 e. The van der Waals surface area contributed by atoms with E-state index in [1.54, 1.807) is 6.07 Å². The van der Waals surface area contributed by atoms with E-state index in [1.807, 2.05) is 19.1 Å². The van der Waals surface area contributed by atoms with Crippen molar-refractivity contribution in [2.45, 2.75) is 38.7 Å². The molecule has 0 radical (unpaired) electrons. The highest BCUT2D eigenvalue weighted by Gasteiger charge is 2.20. The molecule has 1 saturated carbocycles. The Morgan fingerprint density at radius 3 is 2.78 bits per heavy atom. The van der Waals surface area contributed by atoms with Crippen molar-refractivity contribution in [2.75, 3.05) is 6.61 Å². The van der Waals surface area contributed by atoms with Gasteiger partial charge in [0.15, 0.2) is 17.2 Å². The molecule has 0 unspecified atom stereocenters. The molecule has 1 aliphatic carbocycles. The molecule has 0 saturated heterocycles. The summed E-state index contributed by atoms with van der Waals surface area (Å²) in [6, 6.07) is 5.48. The number of rotatable bonds is 6. The average Bonchev–Trinajstić information content (AvgIpc) is 3.20. The van der Waals surface area contributed by atoms with E-state index in [4.69, 9.17) is 15.2 Å². The van der Waals surface area contributed by atoms with Gasteiger partial charge in [-0.15, -0.1) is 0 Å². The van der Waals surface area contributed by atoms with Crippen LogP contribution in [0.3, 0.4) is 0 Å². The van der Waals surface area contributed by atoms with Crippen LogP contribution in [0.25, 0.3) is 11.3 Å². The lowest BCUT2D eigenvalue weighted by molar-refractivity contribution is 0.0996. The molecule has 1 aromatic carbocycles. The van der Waals surface area contributed by atoms with E-state index in [9.17, 15) is 4.79 Å². The van der Waals surface area contributed by atoms with Gasteiger partial charge in [0.2, 0.25) is 0 Å². The minimum atomic E-state index is -0.627. The number of nitrogens with zero attached hydrogens (tertiary/aromatic N) is 2. The Bertz CT molecular complexity index is 692. The first-order valence-corrected chi connectivity index (χ1v) is 7.83. The third kappa shape index (κ3) is 3.28. The van der Waals surface area contributed by atoms with Gasteiger partial charge in [-0.25, -0.2) is 0 Å². The van der Waals surface area contributed by atoms with E-state index in [0.29, 0.717) is 29.4 Å². The van der Waals surface area contributed by atoms with Crippen molar-refractivity contribution in [1.29, 1.82) is 0 Å². The minimum Gasteiger partial charge on any atom is -0.490 e. The molecular formula is C16H20N4O3. The summed E-state index contributed by atoms with van der Waals surface area (Å²) in [6.07, 6.45) is 4.79. The van der Waals surface area contributed by atoms with E-state index in [-0.39, 0.29) is 11.8 Å². The van der Waals surface area contributed by atoms with Gasteiger partial charge < -0.3 is 15.2 Å². The molecule has 0 aliphatic heterocycles. The van der Waals surface area contributed by atoms with Crippen LogP contribution < -0.4 is 15.2 Å². The number of carbonyl (C=O) groups excluding carboxylic acids is 1. The van der Waals surface area contributed by atoms with E-state index in [0.717, 1.165) is 12.8 Å². The fourth-order valence-electron chi connectivity index (χ4n) is 2.81. The van der Waals surface area contributed by atoms with Crippen LogP contribution in [-0.4, -0.2) is 34.0 Å². The molecule has 7 heteroatoms.